The molecule has 0 spiro atoms. The number of sulfonamides is 1. The first-order valence-electron chi connectivity index (χ1n) is 4.81. The van der Waals surface area contributed by atoms with Crippen molar-refractivity contribution in [3.8, 4) is 0 Å². The fourth-order valence-electron chi connectivity index (χ4n) is 1.29. The highest BCUT2D eigenvalue weighted by Crippen LogP contribution is 2.18. The average molecular weight is 308 g/mol. The minimum atomic E-state index is -3.41. The highest BCUT2D eigenvalue weighted by Gasteiger charge is 2.14. The molecule has 1 unspecified atom stereocenters. The van der Waals surface area contributed by atoms with Gasteiger partial charge in [0.2, 0.25) is 10.0 Å². The Morgan fingerprint density at radius 2 is 2.19 bits per heavy atom. The first kappa shape index (κ1) is 13.6. The van der Waals surface area contributed by atoms with Gasteiger partial charge in [-0.05, 0) is 24.6 Å². The maximum atomic E-state index is 11.4. The summed E-state index contributed by atoms with van der Waals surface area (Å²) < 4.78 is 26.2. The average Bonchev–Trinajstić information content (AvgIpc) is 2.16. The second-order valence-corrected chi connectivity index (χ2v) is 6.23. The van der Waals surface area contributed by atoms with Gasteiger partial charge in [0.15, 0.2) is 0 Å². The van der Waals surface area contributed by atoms with Crippen molar-refractivity contribution < 1.29 is 13.5 Å². The van der Waals surface area contributed by atoms with Gasteiger partial charge in [-0.2, -0.15) is 0 Å². The molecule has 0 aliphatic heterocycles. The van der Waals surface area contributed by atoms with Crippen molar-refractivity contribution in [3.05, 3.63) is 34.3 Å². The van der Waals surface area contributed by atoms with E-state index >= 15 is 0 Å². The maximum absolute atomic E-state index is 11.4. The van der Waals surface area contributed by atoms with Crippen molar-refractivity contribution in [2.24, 2.45) is 0 Å². The molecule has 1 atom stereocenters. The normalized spacial score (nSPS) is 13.7. The van der Waals surface area contributed by atoms with Crippen LogP contribution in [-0.4, -0.2) is 25.9 Å². The molecule has 0 aliphatic carbocycles. The Hall–Kier alpha value is -0.430. The van der Waals surface area contributed by atoms with Gasteiger partial charge >= 0.3 is 0 Å². The van der Waals surface area contributed by atoms with Crippen molar-refractivity contribution in [1.29, 1.82) is 0 Å². The van der Waals surface area contributed by atoms with Crippen molar-refractivity contribution >= 4 is 26.0 Å². The lowest BCUT2D eigenvalue weighted by atomic mass is 10.1. The fourth-order valence-corrected chi connectivity index (χ4v) is 2.74. The molecule has 0 saturated carbocycles. The van der Waals surface area contributed by atoms with Crippen molar-refractivity contribution in [2.75, 3.05) is 12.4 Å². The third kappa shape index (κ3) is 4.21. The Bertz CT molecular complexity index is 447. The third-order valence-electron chi connectivity index (χ3n) is 2.07. The second kappa shape index (κ2) is 5.77. The fraction of sp³-hybridized carbons (Fsp3) is 0.400. The predicted molar refractivity (Wildman–Crippen MR) is 66.6 cm³/mol. The van der Waals surface area contributed by atoms with Crippen LogP contribution in [0.25, 0.3) is 0 Å². The van der Waals surface area contributed by atoms with Gasteiger partial charge in [-0.15, -0.1) is 0 Å². The molecule has 16 heavy (non-hydrogen) atoms. The molecule has 0 amide bonds. The van der Waals surface area contributed by atoms with E-state index < -0.39 is 10.0 Å². The van der Waals surface area contributed by atoms with Gasteiger partial charge in [-0.3, -0.25) is 0 Å². The number of nitrogens with one attached hydrogen (secondary N) is 1. The molecule has 0 bridgehead atoms. The van der Waals surface area contributed by atoms with Crippen LogP contribution in [0, 0.1) is 0 Å². The van der Waals surface area contributed by atoms with E-state index in [-0.39, 0.29) is 18.4 Å². The van der Waals surface area contributed by atoms with Gasteiger partial charge in [0.05, 0.1) is 12.4 Å². The largest absolute Gasteiger partial charge is 0.395 e. The van der Waals surface area contributed by atoms with E-state index in [2.05, 4.69) is 20.7 Å². The van der Waals surface area contributed by atoms with Gasteiger partial charge in [0, 0.05) is 10.5 Å². The van der Waals surface area contributed by atoms with Gasteiger partial charge in [-0.25, -0.2) is 13.1 Å². The van der Waals surface area contributed by atoms with Crippen LogP contribution in [0.1, 0.15) is 18.5 Å². The van der Waals surface area contributed by atoms with Crippen LogP contribution in [0.2, 0.25) is 0 Å². The lowest BCUT2D eigenvalue weighted by Crippen LogP contribution is -2.30. The highest BCUT2D eigenvalue weighted by molar-refractivity contribution is 9.10. The standard InChI is InChI=1S/C10H14BrNO3S/c1-8(12-16(14,15)6-5-13)9-3-2-4-10(11)7-9/h2-4,7-8,12-13H,5-6H2,1H3. The number of hydrogen-bond donors (Lipinski definition) is 2. The molecular formula is C10H14BrNO3S. The summed E-state index contributed by atoms with van der Waals surface area (Å²) in [5.74, 6) is -0.272. The Labute approximate surface area is 104 Å². The van der Waals surface area contributed by atoms with Crippen LogP contribution in [0.5, 0.6) is 0 Å². The summed E-state index contributed by atoms with van der Waals surface area (Å²) in [6.45, 7) is 1.39. The van der Waals surface area contributed by atoms with Crippen LogP contribution < -0.4 is 4.72 Å². The molecule has 4 nitrogen and oxygen atoms in total. The van der Waals surface area contributed by atoms with Crippen LogP contribution in [0.4, 0.5) is 0 Å². The van der Waals surface area contributed by atoms with E-state index in [4.69, 9.17) is 5.11 Å². The minimum absolute atomic E-state index is 0.272. The lowest BCUT2D eigenvalue weighted by molar-refractivity contribution is 0.319. The smallest absolute Gasteiger partial charge is 0.214 e. The number of hydrogen-bond acceptors (Lipinski definition) is 3. The quantitative estimate of drug-likeness (QED) is 0.864. The Morgan fingerprint density at radius 1 is 1.50 bits per heavy atom. The SMILES string of the molecule is CC(NS(=O)(=O)CCO)c1cccc(Br)c1. The summed E-state index contributed by atoms with van der Waals surface area (Å²) >= 11 is 3.32. The second-order valence-electron chi connectivity index (χ2n) is 3.44. The van der Waals surface area contributed by atoms with Gasteiger partial charge in [-0.1, -0.05) is 28.1 Å². The molecule has 2 N–H and O–H groups in total. The summed E-state index contributed by atoms with van der Waals surface area (Å²) in [5.41, 5.74) is 0.871. The van der Waals surface area contributed by atoms with Crippen molar-refractivity contribution in [1.82, 2.24) is 4.72 Å². The summed E-state index contributed by atoms with van der Waals surface area (Å²) in [6.07, 6.45) is 0. The predicted octanol–water partition coefficient (Wildman–Crippen LogP) is 1.42. The molecule has 0 fully saturated rings. The monoisotopic (exact) mass is 307 g/mol. The van der Waals surface area contributed by atoms with E-state index in [1.807, 2.05) is 24.3 Å². The summed E-state index contributed by atoms with van der Waals surface area (Å²) in [7, 11) is -3.41. The zero-order valence-electron chi connectivity index (χ0n) is 8.85. The molecule has 0 aliphatic rings. The molecule has 90 valence electrons. The first-order valence-corrected chi connectivity index (χ1v) is 7.25. The zero-order valence-corrected chi connectivity index (χ0v) is 11.3. The molecule has 0 radical (unpaired) electrons. The maximum Gasteiger partial charge on any atom is 0.214 e. The van der Waals surface area contributed by atoms with Crippen molar-refractivity contribution in [3.63, 3.8) is 0 Å². The molecule has 0 heterocycles. The number of aliphatic hydroxyl groups excluding tert-OH is 1. The van der Waals surface area contributed by atoms with Crippen LogP contribution >= 0.6 is 15.9 Å². The number of benzene rings is 1. The molecule has 1 aromatic carbocycles. The van der Waals surface area contributed by atoms with Gasteiger partial charge < -0.3 is 5.11 Å². The van der Waals surface area contributed by atoms with Crippen LogP contribution in [-0.2, 0) is 10.0 Å². The Morgan fingerprint density at radius 3 is 2.75 bits per heavy atom. The molecule has 0 aromatic heterocycles. The first-order chi connectivity index (χ1) is 7.44. The summed E-state index contributed by atoms with van der Waals surface area (Å²) in [6, 6.07) is 7.10. The molecule has 0 saturated heterocycles. The lowest BCUT2D eigenvalue weighted by Gasteiger charge is -2.14. The number of halogens is 1. The highest BCUT2D eigenvalue weighted by atomic mass is 79.9. The summed E-state index contributed by atoms with van der Waals surface area (Å²) in [4.78, 5) is 0. The van der Waals surface area contributed by atoms with Crippen molar-refractivity contribution in [2.45, 2.75) is 13.0 Å². The molecule has 6 heteroatoms. The number of rotatable bonds is 5. The zero-order chi connectivity index (χ0) is 12.2. The van der Waals surface area contributed by atoms with Gasteiger partial charge in [0.1, 0.15) is 0 Å². The minimum Gasteiger partial charge on any atom is -0.395 e. The van der Waals surface area contributed by atoms with E-state index in [1.54, 1.807) is 6.92 Å². The molecule has 1 rings (SSSR count). The Kier molecular flexibility index (Phi) is 4.91. The van der Waals surface area contributed by atoms with E-state index in [1.165, 1.54) is 0 Å². The van der Waals surface area contributed by atoms with E-state index in [0.717, 1.165) is 10.0 Å². The molecule has 1 aromatic rings. The molecular weight excluding hydrogens is 294 g/mol. The Balaban J connectivity index is 2.76. The van der Waals surface area contributed by atoms with E-state index in [0.29, 0.717) is 0 Å². The van der Waals surface area contributed by atoms with Crippen LogP contribution in [0.3, 0.4) is 0 Å². The van der Waals surface area contributed by atoms with Crippen LogP contribution in [0.15, 0.2) is 28.7 Å². The topological polar surface area (TPSA) is 66.4 Å². The number of aliphatic hydroxyl groups is 1. The van der Waals surface area contributed by atoms with E-state index in [9.17, 15) is 8.42 Å². The van der Waals surface area contributed by atoms with Gasteiger partial charge in [0.25, 0.3) is 0 Å². The summed E-state index contributed by atoms with van der Waals surface area (Å²) in [5, 5.41) is 8.60. The third-order valence-corrected chi connectivity index (χ3v) is 3.99.